The van der Waals surface area contributed by atoms with E-state index in [9.17, 15) is 9.90 Å². The second-order valence-corrected chi connectivity index (χ2v) is 3.31. The molecule has 74 valence electrons. The zero-order valence-corrected chi connectivity index (χ0v) is 7.47. The summed E-state index contributed by atoms with van der Waals surface area (Å²) in [4.78, 5) is 12.7. The van der Waals surface area contributed by atoms with Crippen molar-refractivity contribution < 1.29 is 19.4 Å². The summed E-state index contributed by atoms with van der Waals surface area (Å²) in [5.41, 5.74) is 0. The SMILES string of the molecule is CCOC(=O)N1C[C@H](O)[C@@H]2O[C@@H]2C1. The van der Waals surface area contributed by atoms with Gasteiger partial charge in [0, 0.05) is 0 Å². The minimum atomic E-state index is -0.553. The van der Waals surface area contributed by atoms with Crippen molar-refractivity contribution in [3.63, 3.8) is 0 Å². The molecule has 3 atom stereocenters. The summed E-state index contributed by atoms with van der Waals surface area (Å²) < 4.78 is 9.97. The Morgan fingerprint density at radius 3 is 3.08 bits per heavy atom. The maximum Gasteiger partial charge on any atom is 0.409 e. The Morgan fingerprint density at radius 2 is 2.46 bits per heavy atom. The number of fused-ring (bicyclic) bond motifs is 1. The molecule has 0 saturated carbocycles. The molecule has 2 aliphatic heterocycles. The van der Waals surface area contributed by atoms with Crippen LogP contribution in [-0.4, -0.2) is 54.1 Å². The molecular weight excluding hydrogens is 174 g/mol. The number of amides is 1. The van der Waals surface area contributed by atoms with Gasteiger partial charge in [0.05, 0.1) is 19.7 Å². The molecule has 13 heavy (non-hydrogen) atoms. The van der Waals surface area contributed by atoms with Crippen molar-refractivity contribution in [1.29, 1.82) is 0 Å². The van der Waals surface area contributed by atoms with Gasteiger partial charge in [-0.05, 0) is 6.92 Å². The fraction of sp³-hybridized carbons (Fsp3) is 0.875. The number of carbonyl (C=O) groups excluding carboxylic acids is 1. The summed E-state index contributed by atoms with van der Waals surface area (Å²) in [6.45, 7) is 2.98. The number of piperidine rings is 1. The van der Waals surface area contributed by atoms with Crippen LogP contribution in [0.1, 0.15) is 6.92 Å². The number of hydrogen-bond acceptors (Lipinski definition) is 4. The average molecular weight is 187 g/mol. The summed E-state index contributed by atoms with van der Waals surface area (Å²) in [7, 11) is 0. The molecule has 0 aliphatic carbocycles. The van der Waals surface area contributed by atoms with Crippen molar-refractivity contribution in [2.24, 2.45) is 0 Å². The third-order valence-electron chi connectivity index (χ3n) is 2.33. The van der Waals surface area contributed by atoms with Gasteiger partial charge >= 0.3 is 6.09 Å². The van der Waals surface area contributed by atoms with Crippen molar-refractivity contribution in [2.75, 3.05) is 19.7 Å². The summed E-state index contributed by atoms with van der Waals surface area (Å²) in [5.74, 6) is 0. The van der Waals surface area contributed by atoms with Crippen molar-refractivity contribution in [1.82, 2.24) is 4.90 Å². The van der Waals surface area contributed by atoms with Gasteiger partial charge in [0.15, 0.2) is 0 Å². The van der Waals surface area contributed by atoms with Crippen LogP contribution in [0.5, 0.6) is 0 Å². The molecular formula is C8H13NO4. The molecule has 0 bridgehead atoms. The number of β-amino-alcohol motifs (C(OH)–C–C–N with tert-alkyl or cyclic N) is 1. The van der Waals surface area contributed by atoms with Crippen LogP contribution in [0.15, 0.2) is 0 Å². The Hall–Kier alpha value is -0.810. The van der Waals surface area contributed by atoms with Crippen LogP contribution in [0, 0.1) is 0 Å². The molecule has 1 N–H and O–H groups in total. The molecule has 2 saturated heterocycles. The lowest BCUT2D eigenvalue weighted by Gasteiger charge is -2.26. The quantitative estimate of drug-likeness (QED) is 0.567. The zero-order valence-electron chi connectivity index (χ0n) is 7.47. The minimum Gasteiger partial charge on any atom is -0.450 e. The molecule has 2 heterocycles. The lowest BCUT2D eigenvalue weighted by molar-refractivity contribution is 0.0608. The number of carbonyl (C=O) groups is 1. The van der Waals surface area contributed by atoms with Gasteiger partial charge in [-0.3, -0.25) is 0 Å². The second kappa shape index (κ2) is 3.16. The van der Waals surface area contributed by atoms with Crippen LogP contribution >= 0.6 is 0 Å². The lowest BCUT2D eigenvalue weighted by Crippen LogP contribution is -2.46. The summed E-state index contributed by atoms with van der Waals surface area (Å²) in [6, 6.07) is 0. The molecule has 0 aromatic heterocycles. The first-order chi connectivity index (χ1) is 6.22. The number of epoxide rings is 1. The standard InChI is InChI=1S/C8H13NO4/c1-2-12-8(11)9-3-5(10)7-6(4-9)13-7/h5-7,10H,2-4H2,1H3/t5-,6+,7-/m0/s1. The normalized spacial score (nSPS) is 36.8. The monoisotopic (exact) mass is 187 g/mol. The van der Waals surface area contributed by atoms with Gasteiger partial charge in [0.1, 0.15) is 18.3 Å². The highest BCUT2D eigenvalue weighted by Gasteiger charge is 2.50. The predicted octanol–water partition coefficient (Wildman–Crippen LogP) is -0.413. The van der Waals surface area contributed by atoms with Crippen molar-refractivity contribution in [3.05, 3.63) is 0 Å². The second-order valence-electron chi connectivity index (χ2n) is 3.31. The predicted molar refractivity (Wildman–Crippen MR) is 43.3 cm³/mol. The molecule has 5 heteroatoms. The third kappa shape index (κ3) is 1.62. The molecule has 0 aromatic rings. The molecule has 0 spiro atoms. The number of aliphatic hydroxyl groups excluding tert-OH is 1. The molecule has 5 nitrogen and oxygen atoms in total. The minimum absolute atomic E-state index is 0.0214. The molecule has 2 rings (SSSR count). The molecule has 0 unspecified atom stereocenters. The number of aliphatic hydroxyl groups is 1. The number of hydrogen-bond donors (Lipinski definition) is 1. The molecule has 1 amide bonds. The third-order valence-corrected chi connectivity index (χ3v) is 2.33. The highest BCUT2D eigenvalue weighted by atomic mass is 16.6. The van der Waals surface area contributed by atoms with E-state index >= 15 is 0 Å². The van der Waals surface area contributed by atoms with Crippen LogP contribution in [0.3, 0.4) is 0 Å². The largest absolute Gasteiger partial charge is 0.450 e. The topological polar surface area (TPSA) is 62.3 Å². The van der Waals surface area contributed by atoms with Gasteiger partial charge < -0.3 is 19.5 Å². The number of nitrogens with zero attached hydrogens (tertiary/aromatic N) is 1. The van der Waals surface area contributed by atoms with Crippen LogP contribution in [0.25, 0.3) is 0 Å². The maximum absolute atomic E-state index is 11.2. The van der Waals surface area contributed by atoms with E-state index in [1.54, 1.807) is 6.92 Å². The van der Waals surface area contributed by atoms with E-state index < -0.39 is 6.10 Å². The zero-order chi connectivity index (χ0) is 9.42. The Morgan fingerprint density at radius 1 is 1.69 bits per heavy atom. The van der Waals surface area contributed by atoms with Crippen LogP contribution in [0.4, 0.5) is 4.79 Å². The maximum atomic E-state index is 11.2. The fourth-order valence-electron chi connectivity index (χ4n) is 1.63. The van der Waals surface area contributed by atoms with Gasteiger partial charge in [-0.2, -0.15) is 0 Å². The lowest BCUT2D eigenvalue weighted by atomic mass is 10.1. The summed E-state index contributed by atoms with van der Waals surface area (Å²) >= 11 is 0. The van der Waals surface area contributed by atoms with Crippen molar-refractivity contribution in [2.45, 2.75) is 25.2 Å². The Labute approximate surface area is 76.2 Å². The van der Waals surface area contributed by atoms with Crippen LogP contribution in [0.2, 0.25) is 0 Å². The van der Waals surface area contributed by atoms with Gasteiger partial charge in [0.25, 0.3) is 0 Å². The Balaban J connectivity index is 1.89. The number of ether oxygens (including phenoxy) is 2. The molecule has 0 radical (unpaired) electrons. The Kier molecular flexibility index (Phi) is 2.13. The van der Waals surface area contributed by atoms with Crippen LogP contribution in [-0.2, 0) is 9.47 Å². The van der Waals surface area contributed by atoms with E-state index in [1.165, 1.54) is 4.90 Å². The smallest absolute Gasteiger partial charge is 0.409 e. The van der Waals surface area contributed by atoms with E-state index in [0.29, 0.717) is 19.7 Å². The molecule has 0 aromatic carbocycles. The van der Waals surface area contributed by atoms with Gasteiger partial charge in [-0.1, -0.05) is 0 Å². The average Bonchev–Trinajstić information content (AvgIpc) is 2.84. The Bertz CT molecular complexity index is 220. The van der Waals surface area contributed by atoms with E-state index in [0.717, 1.165) is 0 Å². The highest BCUT2D eigenvalue weighted by molar-refractivity contribution is 5.68. The first-order valence-corrected chi connectivity index (χ1v) is 4.47. The summed E-state index contributed by atoms with van der Waals surface area (Å²) in [5, 5.41) is 9.43. The highest BCUT2D eigenvalue weighted by Crippen LogP contribution is 2.31. The first-order valence-electron chi connectivity index (χ1n) is 4.47. The van der Waals surface area contributed by atoms with E-state index in [4.69, 9.17) is 9.47 Å². The number of rotatable bonds is 1. The first kappa shape index (κ1) is 8.77. The van der Waals surface area contributed by atoms with Crippen LogP contribution < -0.4 is 0 Å². The van der Waals surface area contributed by atoms with Gasteiger partial charge in [0.2, 0.25) is 0 Å². The van der Waals surface area contributed by atoms with Gasteiger partial charge in [-0.15, -0.1) is 0 Å². The molecule has 2 aliphatic rings. The van der Waals surface area contributed by atoms with E-state index in [2.05, 4.69) is 0 Å². The van der Waals surface area contributed by atoms with E-state index in [-0.39, 0.29) is 18.3 Å². The number of likely N-dealkylation sites (tertiary alicyclic amines) is 1. The van der Waals surface area contributed by atoms with Crippen molar-refractivity contribution in [3.8, 4) is 0 Å². The van der Waals surface area contributed by atoms with E-state index in [1.807, 2.05) is 0 Å². The fourth-order valence-corrected chi connectivity index (χ4v) is 1.63. The van der Waals surface area contributed by atoms with Gasteiger partial charge in [-0.25, -0.2) is 4.79 Å². The van der Waals surface area contributed by atoms with Crippen molar-refractivity contribution >= 4 is 6.09 Å². The summed E-state index contributed by atoms with van der Waals surface area (Å²) in [6.07, 6.45) is -0.947. The molecule has 2 fully saturated rings.